The summed E-state index contributed by atoms with van der Waals surface area (Å²) in [5.41, 5.74) is 0.559. The first kappa shape index (κ1) is 9.65. The standard InChI is InChI=1S/C10H14N2OS/c1-8-3-2-4-12(5-8)10-11-9(6-13)7-14-10/h6-8H,2-5H2,1H3. The quantitative estimate of drug-likeness (QED) is 0.701. The Hall–Kier alpha value is -0.900. The lowest BCUT2D eigenvalue weighted by atomic mass is 10.0. The molecular formula is C10H14N2OS. The van der Waals surface area contributed by atoms with Crippen molar-refractivity contribution in [3.8, 4) is 0 Å². The Kier molecular flexibility index (Phi) is 2.82. The number of carbonyl (C=O) groups excluding carboxylic acids is 1. The third-order valence-corrected chi connectivity index (χ3v) is 3.48. The third kappa shape index (κ3) is 1.95. The van der Waals surface area contributed by atoms with Crippen LogP contribution in [0.2, 0.25) is 0 Å². The number of rotatable bonds is 2. The van der Waals surface area contributed by atoms with Crippen LogP contribution in [0.3, 0.4) is 0 Å². The molecule has 0 aromatic carbocycles. The number of piperidine rings is 1. The SMILES string of the molecule is CC1CCCN(c2nc(C=O)cs2)C1. The number of carbonyl (C=O) groups is 1. The van der Waals surface area contributed by atoms with Crippen LogP contribution in [0.25, 0.3) is 0 Å². The molecule has 1 aliphatic rings. The predicted molar refractivity (Wildman–Crippen MR) is 58.1 cm³/mol. The molecule has 0 amide bonds. The molecule has 1 aromatic rings. The highest BCUT2D eigenvalue weighted by Crippen LogP contribution is 2.25. The highest BCUT2D eigenvalue weighted by molar-refractivity contribution is 7.13. The molecule has 0 N–H and O–H groups in total. The van der Waals surface area contributed by atoms with Crippen molar-refractivity contribution < 1.29 is 4.79 Å². The third-order valence-electron chi connectivity index (χ3n) is 2.56. The molecule has 4 heteroatoms. The number of aromatic nitrogens is 1. The van der Waals surface area contributed by atoms with Crippen molar-refractivity contribution in [3.05, 3.63) is 11.1 Å². The van der Waals surface area contributed by atoms with Gasteiger partial charge in [-0.3, -0.25) is 4.79 Å². The van der Waals surface area contributed by atoms with Gasteiger partial charge in [0.25, 0.3) is 0 Å². The Balaban J connectivity index is 2.09. The smallest absolute Gasteiger partial charge is 0.185 e. The first-order chi connectivity index (χ1) is 6.79. The van der Waals surface area contributed by atoms with Gasteiger partial charge in [-0.15, -0.1) is 11.3 Å². The van der Waals surface area contributed by atoms with E-state index in [0.29, 0.717) is 5.69 Å². The second-order valence-electron chi connectivity index (χ2n) is 3.87. The van der Waals surface area contributed by atoms with E-state index in [-0.39, 0.29) is 0 Å². The Morgan fingerprint density at radius 1 is 1.71 bits per heavy atom. The van der Waals surface area contributed by atoms with Gasteiger partial charge in [0.15, 0.2) is 11.4 Å². The molecule has 76 valence electrons. The van der Waals surface area contributed by atoms with Gasteiger partial charge in [0.2, 0.25) is 0 Å². The van der Waals surface area contributed by atoms with E-state index in [4.69, 9.17) is 0 Å². The van der Waals surface area contributed by atoms with E-state index in [0.717, 1.165) is 30.4 Å². The van der Waals surface area contributed by atoms with Crippen molar-refractivity contribution in [2.75, 3.05) is 18.0 Å². The summed E-state index contributed by atoms with van der Waals surface area (Å²) in [5.74, 6) is 0.743. The molecule has 1 atom stereocenters. The zero-order valence-electron chi connectivity index (χ0n) is 8.27. The zero-order valence-corrected chi connectivity index (χ0v) is 9.09. The summed E-state index contributed by atoms with van der Waals surface area (Å²) in [6.45, 7) is 4.42. The van der Waals surface area contributed by atoms with Gasteiger partial charge in [-0.1, -0.05) is 6.92 Å². The summed E-state index contributed by atoms with van der Waals surface area (Å²) in [6.07, 6.45) is 3.35. The van der Waals surface area contributed by atoms with Gasteiger partial charge in [0, 0.05) is 18.5 Å². The second-order valence-corrected chi connectivity index (χ2v) is 4.70. The first-order valence-corrected chi connectivity index (χ1v) is 5.83. The lowest BCUT2D eigenvalue weighted by molar-refractivity contribution is 0.111. The molecular weight excluding hydrogens is 196 g/mol. The largest absolute Gasteiger partial charge is 0.348 e. The maximum Gasteiger partial charge on any atom is 0.185 e. The Morgan fingerprint density at radius 3 is 3.21 bits per heavy atom. The van der Waals surface area contributed by atoms with Gasteiger partial charge in [-0.25, -0.2) is 4.98 Å². The van der Waals surface area contributed by atoms with Crippen LogP contribution in [-0.2, 0) is 0 Å². The van der Waals surface area contributed by atoms with Crippen molar-refractivity contribution in [3.63, 3.8) is 0 Å². The minimum Gasteiger partial charge on any atom is -0.348 e. The molecule has 0 saturated carbocycles. The highest BCUT2D eigenvalue weighted by atomic mass is 32.1. The highest BCUT2D eigenvalue weighted by Gasteiger charge is 2.18. The first-order valence-electron chi connectivity index (χ1n) is 4.95. The van der Waals surface area contributed by atoms with Crippen LogP contribution >= 0.6 is 11.3 Å². The molecule has 0 spiro atoms. The monoisotopic (exact) mass is 210 g/mol. The molecule has 0 bridgehead atoms. The van der Waals surface area contributed by atoms with Crippen molar-refractivity contribution >= 4 is 22.8 Å². The van der Waals surface area contributed by atoms with E-state index in [9.17, 15) is 4.79 Å². The number of hydrogen-bond acceptors (Lipinski definition) is 4. The Morgan fingerprint density at radius 2 is 2.57 bits per heavy atom. The van der Waals surface area contributed by atoms with Gasteiger partial charge in [0.05, 0.1) is 0 Å². The van der Waals surface area contributed by atoms with Crippen molar-refractivity contribution in [2.24, 2.45) is 5.92 Å². The van der Waals surface area contributed by atoms with Crippen LogP contribution in [0.1, 0.15) is 30.3 Å². The molecule has 3 nitrogen and oxygen atoms in total. The summed E-state index contributed by atoms with van der Waals surface area (Å²) in [5, 5.41) is 2.82. The summed E-state index contributed by atoms with van der Waals surface area (Å²) >= 11 is 1.57. The Bertz CT molecular complexity index is 324. The van der Waals surface area contributed by atoms with E-state index < -0.39 is 0 Å². The molecule has 1 unspecified atom stereocenters. The minimum atomic E-state index is 0.559. The van der Waals surface area contributed by atoms with Gasteiger partial charge in [-0.2, -0.15) is 0 Å². The van der Waals surface area contributed by atoms with E-state index in [1.807, 2.05) is 5.38 Å². The van der Waals surface area contributed by atoms with Crippen LogP contribution in [0.4, 0.5) is 5.13 Å². The fraction of sp³-hybridized carbons (Fsp3) is 0.600. The van der Waals surface area contributed by atoms with Crippen LogP contribution in [0.15, 0.2) is 5.38 Å². The predicted octanol–water partition coefficient (Wildman–Crippen LogP) is 2.19. The molecule has 1 aromatic heterocycles. The van der Waals surface area contributed by atoms with Gasteiger partial charge in [-0.05, 0) is 18.8 Å². The minimum absolute atomic E-state index is 0.559. The normalized spacial score (nSPS) is 22.4. The molecule has 1 saturated heterocycles. The number of nitrogens with zero attached hydrogens (tertiary/aromatic N) is 2. The van der Waals surface area contributed by atoms with Gasteiger partial charge < -0.3 is 4.90 Å². The van der Waals surface area contributed by atoms with Gasteiger partial charge in [0.1, 0.15) is 5.69 Å². The zero-order chi connectivity index (χ0) is 9.97. The van der Waals surface area contributed by atoms with E-state index in [1.165, 1.54) is 12.8 Å². The van der Waals surface area contributed by atoms with Crippen LogP contribution in [-0.4, -0.2) is 24.4 Å². The van der Waals surface area contributed by atoms with Gasteiger partial charge >= 0.3 is 0 Å². The van der Waals surface area contributed by atoms with E-state index in [2.05, 4.69) is 16.8 Å². The fourth-order valence-corrected chi connectivity index (χ4v) is 2.65. The summed E-state index contributed by atoms with van der Waals surface area (Å²) < 4.78 is 0. The maximum absolute atomic E-state index is 10.5. The summed E-state index contributed by atoms with van der Waals surface area (Å²) in [7, 11) is 0. The second kappa shape index (κ2) is 4.09. The van der Waals surface area contributed by atoms with Crippen LogP contribution in [0, 0.1) is 5.92 Å². The number of aldehydes is 1. The average molecular weight is 210 g/mol. The van der Waals surface area contributed by atoms with Crippen LogP contribution < -0.4 is 4.90 Å². The molecule has 2 rings (SSSR count). The summed E-state index contributed by atoms with van der Waals surface area (Å²) in [6, 6.07) is 0. The van der Waals surface area contributed by atoms with Crippen molar-refractivity contribution in [2.45, 2.75) is 19.8 Å². The molecule has 0 radical (unpaired) electrons. The number of anilines is 1. The lowest BCUT2D eigenvalue weighted by Gasteiger charge is -2.30. The average Bonchev–Trinajstić information content (AvgIpc) is 2.66. The Labute approximate surface area is 87.8 Å². The fourth-order valence-electron chi connectivity index (χ4n) is 1.84. The van der Waals surface area contributed by atoms with Crippen molar-refractivity contribution in [1.82, 2.24) is 4.98 Å². The molecule has 1 fully saturated rings. The van der Waals surface area contributed by atoms with E-state index in [1.54, 1.807) is 11.3 Å². The topological polar surface area (TPSA) is 33.2 Å². The lowest BCUT2D eigenvalue weighted by Crippen LogP contribution is -2.34. The number of thiazole rings is 1. The molecule has 1 aliphatic heterocycles. The summed E-state index contributed by atoms with van der Waals surface area (Å²) in [4.78, 5) is 17.0. The van der Waals surface area contributed by atoms with Crippen LogP contribution in [0.5, 0.6) is 0 Å². The van der Waals surface area contributed by atoms with E-state index >= 15 is 0 Å². The maximum atomic E-state index is 10.5. The number of hydrogen-bond donors (Lipinski definition) is 0. The molecule has 2 heterocycles. The molecule has 0 aliphatic carbocycles. The molecule has 14 heavy (non-hydrogen) atoms. The van der Waals surface area contributed by atoms with Crippen molar-refractivity contribution in [1.29, 1.82) is 0 Å².